The average Bonchev–Trinajstić information content (AvgIpc) is 2.62. The number of rotatable bonds is 10. The van der Waals surface area contributed by atoms with Crippen LogP contribution in [0.3, 0.4) is 0 Å². The van der Waals surface area contributed by atoms with Gasteiger partial charge in [0.2, 0.25) is 6.37 Å². The lowest BCUT2D eigenvalue weighted by molar-refractivity contribution is 0.897. The fourth-order valence-electron chi connectivity index (χ4n) is 2.58. The summed E-state index contributed by atoms with van der Waals surface area (Å²) in [6.07, 6.45) is 3.39. The van der Waals surface area contributed by atoms with Gasteiger partial charge in [0.05, 0.1) is 0 Å². The lowest BCUT2D eigenvalue weighted by Crippen LogP contribution is -2.53. The van der Waals surface area contributed by atoms with Crippen molar-refractivity contribution >= 4 is 39.2 Å². The first-order valence-electron chi connectivity index (χ1n) is 8.72. The molecule has 0 aliphatic heterocycles. The van der Waals surface area contributed by atoms with Crippen LogP contribution in [-0.4, -0.2) is 17.9 Å². The maximum atomic E-state index is 2.36. The Kier molecular flexibility index (Phi) is 8.35. The van der Waals surface area contributed by atoms with Gasteiger partial charge in [-0.05, 0) is 34.7 Å². The van der Waals surface area contributed by atoms with E-state index in [0.717, 1.165) is 0 Å². The molecule has 124 valence electrons. The summed E-state index contributed by atoms with van der Waals surface area (Å²) in [5, 5.41) is 3.13. The molecule has 0 aromatic heterocycles. The zero-order chi connectivity index (χ0) is 16.4. The standard InChI is InChI=1S/C20H28S2Si/c1-3-5-17-21-23(22-18-6-4-2,19-13-9-7-10-14-19)20-15-11-8-12-16-20/h7-16H,3-6,17-18H2,1-2H3. The van der Waals surface area contributed by atoms with Crippen LogP contribution in [0.5, 0.6) is 0 Å². The highest BCUT2D eigenvalue weighted by atomic mass is 32.6. The van der Waals surface area contributed by atoms with Crippen molar-refractivity contribution in [1.82, 2.24) is 0 Å². The van der Waals surface area contributed by atoms with E-state index >= 15 is 0 Å². The lowest BCUT2D eigenvalue weighted by atomic mass is 10.4. The zero-order valence-electron chi connectivity index (χ0n) is 14.3. The predicted molar refractivity (Wildman–Crippen MR) is 113 cm³/mol. The summed E-state index contributed by atoms with van der Waals surface area (Å²) >= 11 is 4.50. The van der Waals surface area contributed by atoms with Crippen LogP contribution in [0, 0.1) is 0 Å². The molecule has 0 amide bonds. The molecule has 3 heteroatoms. The van der Waals surface area contributed by atoms with Gasteiger partial charge < -0.3 is 0 Å². The highest BCUT2D eigenvalue weighted by Gasteiger charge is 2.38. The second kappa shape index (κ2) is 10.3. The first-order valence-corrected chi connectivity index (χ1v) is 14.1. The van der Waals surface area contributed by atoms with Crippen LogP contribution >= 0.6 is 22.4 Å². The van der Waals surface area contributed by atoms with Crippen molar-refractivity contribution in [2.45, 2.75) is 39.5 Å². The zero-order valence-corrected chi connectivity index (χ0v) is 17.0. The third-order valence-corrected chi connectivity index (χ3v) is 16.5. The number of hydrogen-bond acceptors (Lipinski definition) is 2. The van der Waals surface area contributed by atoms with Crippen molar-refractivity contribution in [3.8, 4) is 0 Å². The third-order valence-electron chi connectivity index (χ3n) is 3.91. The predicted octanol–water partition coefficient (Wildman–Crippen LogP) is 5.31. The van der Waals surface area contributed by atoms with E-state index in [1.54, 1.807) is 10.4 Å². The Morgan fingerprint density at radius 1 is 0.652 bits per heavy atom. The summed E-state index contributed by atoms with van der Waals surface area (Å²) in [5.41, 5.74) is 0. The SMILES string of the molecule is CCCCS[Si](SCCCC)(c1ccccc1)c1ccccc1. The molecule has 0 heterocycles. The molecule has 0 unspecified atom stereocenters. The van der Waals surface area contributed by atoms with Gasteiger partial charge in [-0.3, -0.25) is 0 Å². The van der Waals surface area contributed by atoms with E-state index in [4.69, 9.17) is 0 Å². The van der Waals surface area contributed by atoms with Gasteiger partial charge in [0, 0.05) is 0 Å². The molecule has 2 aromatic rings. The van der Waals surface area contributed by atoms with E-state index < -0.39 is 6.37 Å². The Bertz CT molecular complexity index is 491. The third kappa shape index (κ3) is 5.17. The molecule has 0 saturated heterocycles. The van der Waals surface area contributed by atoms with Crippen molar-refractivity contribution in [1.29, 1.82) is 0 Å². The molecule has 0 bridgehead atoms. The van der Waals surface area contributed by atoms with Gasteiger partial charge in [0.25, 0.3) is 0 Å². The van der Waals surface area contributed by atoms with Crippen molar-refractivity contribution in [2.24, 2.45) is 0 Å². The topological polar surface area (TPSA) is 0 Å². The van der Waals surface area contributed by atoms with E-state index in [0.29, 0.717) is 0 Å². The second-order valence-corrected chi connectivity index (χ2v) is 15.7. The second-order valence-electron chi connectivity index (χ2n) is 5.75. The molecule has 23 heavy (non-hydrogen) atoms. The Hall–Kier alpha value is -0.643. The Balaban J connectivity index is 2.39. The van der Waals surface area contributed by atoms with Gasteiger partial charge >= 0.3 is 0 Å². The molecule has 0 nitrogen and oxygen atoms in total. The molecule has 0 N–H and O–H groups in total. The maximum Gasteiger partial charge on any atom is 0.239 e. The monoisotopic (exact) mass is 360 g/mol. The molecule has 2 rings (SSSR count). The lowest BCUT2D eigenvalue weighted by Gasteiger charge is -2.31. The van der Waals surface area contributed by atoms with E-state index in [2.05, 4.69) is 96.9 Å². The largest absolute Gasteiger partial charge is 0.239 e. The van der Waals surface area contributed by atoms with Crippen molar-refractivity contribution in [3.63, 3.8) is 0 Å². The molecule has 0 atom stereocenters. The van der Waals surface area contributed by atoms with Crippen LogP contribution in [0.1, 0.15) is 39.5 Å². The van der Waals surface area contributed by atoms with Gasteiger partial charge in [-0.2, -0.15) is 22.4 Å². The minimum absolute atomic E-state index is 1.27. The number of hydrogen-bond donors (Lipinski definition) is 0. The molecule has 0 aliphatic carbocycles. The van der Waals surface area contributed by atoms with E-state index in [1.165, 1.54) is 37.2 Å². The molecule has 0 saturated carbocycles. The summed E-state index contributed by atoms with van der Waals surface area (Å²) < 4.78 is 0. The van der Waals surface area contributed by atoms with Crippen LogP contribution in [0.2, 0.25) is 0 Å². The highest BCUT2D eigenvalue weighted by Crippen LogP contribution is 2.33. The number of benzene rings is 2. The maximum absolute atomic E-state index is 2.36. The van der Waals surface area contributed by atoms with Crippen LogP contribution < -0.4 is 10.4 Å². The van der Waals surface area contributed by atoms with E-state index in [1.807, 2.05) is 0 Å². The Morgan fingerprint density at radius 2 is 1.04 bits per heavy atom. The fourth-order valence-corrected chi connectivity index (χ4v) is 15.1. The molecular formula is C20H28S2Si. The van der Waals surface area contributed by atoms with Gasteiger partial charge in [0.15, 0.2) is 0 Å². The highest BCUT2D eigenvalue weighted by molar-refractivity contribution is 8.61. The van der Waals surface area contributed by atoms with Gasteiger partial charge in [-0.15, -0.1) is 0 Å². The summed E-state index contributed by atoms with van der Waals surface area (Å²) in [6.45, 7) is 4.58. The van der Waals surface area contributed by atoms with Crippen LogP contribution in [0.15, 0.2) is 60.7 Å². The van der Waals surface area contributed by atoms with Gasteiger partial charge in [-0.1, -0.05) is 87.4 Å². The first kappa shape index (κ1) is 18.7. The van der Waals surface area contributed by atoms with Crippen molar-refractivity contribution in [2.75, 3.05) is 11.5 Å². The Morgan fingerprint density at radius 3 is 1.39 bits per heavy atom. The van der Waals surface area contributed by atoms with E-state index in [-0.39, 0.29) is 0 Å². The Labute approximate surface area is 150 Å². The minimum Gasteiger partial charge on any atom is -0.163 e. The van der Waals surface area contributed by atoms with Crippen LogP contribution in [-0.2, 0) is 0 Å². The van der Waals surface area contributed by atoms with Crippen LogP contribution in [0.25, 0.3) is 0 Å². The summed E-state index contributed by atoms with van der Waals surface area (Å²) in [4.78, 5) is 0. The van der Waals surface area contributed by atoms with Crippen LogP contribution in [0.4, 0.5) is 0 Å². The van der Waals surface area contributed by atoms with Gasteiger partial charge in [-0.25, -0.2) is 0 Å². The molecular weight excluding hydrogens is 332 g/mol. The quantitative estimate of drug-likeness (QED) is 0.416. The molecule has 0 spiro atoms. The first-order chi connectivity index (χ1) is 11.3. The summed E-state index contributed by atoms with van der Waals surface area (Å²) in [5.74, 6) is 2.54. The average molecular weight is 361 g/mol. The van der Waals surface area contributed by atoms with E-state index in [9.17, 15) is 0 Å². The molecule has 2 aromatic carbocycles. The summed E-state index contributed by atoms with van der Waals surface area (Å²) in [7, 11) is 0. The van der Waals surface area contributed by atoms with Crippen molar-refractivity contribution in [3.05, 3.63) is 60.7 Å². The normalized spacial score (nSPS) is 11.6. The smallest absolute Gasteiger partial charge is 0.163 e. The van der Waals surface area contributed by atoms with Gasteiger partial charge in [0.1, 0.15) is 0 Å². The molecule has 0 fully saturated rings. The number of unbranched alkanes of at least 4 members (excludes halogenated alkanes) is 2. The fraction of sp³-hybridized carbons (Fsp3) is 0.400. The summed E-state index contributed by atoms with van der Waals surface area (Å²) in [6, 6.07) is 22.5. The molecule has 0 aliphatic rings. The minimum atomic E-state index is -1.79. The molecule has 0 radical (unpaired) electrons. The van der Waals surface area contributed by atoms with Crippen molar-refractivity contribution < 1.29 is 0 Å².